The number of benzene rings is 2. The van der Waals surface area contributed by atoms with Crippen molar-refractivity contribution in [2.75, 3.05) is 13.1 Å². The normalized spacial score (nSPS) is 12.5. The smallest absolute Gasteiger partial charge is 0.260 e. The van der Waals surface area contributed by atoms with Crippen molar-refractivity contribution in [3.63, 3.8) is 0 Å². The molecule has 1 atom stereocenters. The summed E-state index contributed by atoms with van der Waals surface area (Å²) in [5, 5.41) is 15.3. The van der Waals surface area contributed by atoms with Gasteiger partial charge in [-0.3, -0.25) is 14.7 Å². The van der Waals surface area contributed by atoms with Gasteiger partial charge < -0.3 is 15.4 Å². The second-order valence-electron chi connectivity index (χ2n) is 8.57. The van der Waals surface area contributed by atoms with Crippen LogP contribution in [-0.4, -0.2) is 49.1 Å². The number of hydrogen-bond acceptors (Lipinski definition) is 5. The molecule has 4 rings (SSSR count). The van der Waals surface area contributed by atoms with Crippen LogP contribution in [0, 0.1) is 5.82 Å². The van der Waals surface area contributed by atoms with E-state index in [0.29, 0.717) is 23.4 Å². The molecule has 0 radical (unpaired) electrons. The molecule has 0 spiro atoms. The monoisotopic (exact) mass is 517 g/mol. The molecule has 3 N–H and O–H groups in total. The number of H-pyrrole nitrogens is 1. The summed E-state index contributed by atoms with van der Waals surface area (Å²) in [4.78, 5) is 26.4. The highest BCUT2D eigenvalue weighted by atomic mass is 32.1. The Balaban J connectivity index is 1.54. The predicted octanol–water partition coefficient (Wildman–Crippen LogP) is 4.22. The molecule has 0 fully saturated rings. The molecule has 0 aliphatic carbocycles. The van der Waals surface area contributed by atoms with Crippen LogP contribution in [0.5, 0.6) is 0 Å². The summed E-state index contributed by atoms with van der Waals surface area (Å²) in [6, 6.07) is 19.7. The van der Waals surface area contributed by atoms with Gasteiger partial charge in [0.05, 0.1) is 12.0 Å². The minimum atomic E-state index is -1.57. The zero-order chi connectivity index (χ0) is 26.1. The van der Waals surface area contributed by atoms with Gasteiger partial charge >= 0.3 is 0 Å². The first kappa shape index (κ1) is 26.1. The average molecular weight is 518 g/mol. The second kappa shape index (κ2) is 12.3. The first-order chi connectivity index (χ1) is 18.0. The fraction of sp³-hybridized carbons (Fsp3) is 0.214. The number of hydrogen-bond donors (Lipinski definition) is 3. The molecule has 4 aromatic rings. The number of nitrogens with zero attached hydrogens (tertiary/aromatic N) is 3. The number of aryl methyl sites for hydroxylation is 1. The van der Waals surface area contributed by atoms with E-state index in [-0.39, 0.29) is 24.0 Å². The van der Waals surface area contributed by atoms with Crippen LogP contribution in [-0.2, 0) is 12.0 Å². The number of carbonyl (C=O) groups is 1. The van der Waals surface area contributed by atoms with Gasteiger partial charge in [0.2, 0.25) is 0 Å². The zero-order valence-electron chi connectivity index (χ0n) is 20.2. The number of thiocarbonyl (C=S) groups is 1. The third-order valence-electron chi connectivity index (χ3n) is 6.07. The van der Waals surface area contributed by atoms with Crippen molar-refractivity contribution >= 4 is 23.2 Å². The van der Waals surface area contributed by atoms with E-state index < -0.39 is 11.4 Å². The highest BCUT2D eigenvalue weighted by Crippen LogP contribution is 2.32. The first-order valence-corrected chi connectivity index (χ1v) is 12.4. The lowest BCUT2D eigenvalue weighted by Gasteiger charge is -2.32. The minimum Gasteiger partial charge on any atom is -0.379 e. The van der Waals surface area contributed by atoms with Crippen LogP contribution in [0.3, 0.4) is 0 Å². The Morgan fingerprint density at radius 1 is 1.08 bits per heavy atom. The maximum absolute atomic E-state index is 13.6. The van der Waals surface area contributed by atoms with Gasteiger partial charge in [-0.15, -0.1) is 0 Å². The van der Waals surface area contributed by atoms with Gasteiger partial charge in [-0.25, -0.2) is 9.37 Å². The van der Waals surface area contributed by atoms with Crippen LogP contribution in [0.1, 0.15) is 40.2 Å². The Labute approximate surface area is 220 Å². The first-order valence-electron chi connectivity index (χ1n) is 12.0. The Kier molecular flexibility index (Phi) is 8.71. The Morgan fingerprint density at radius 2 is 1.84 bits per heavy atom. The second-order valence-corrected chi connectivity index (χ2v) is 8.95. The molecule has 1 amide bonds. The molecule has 2 aromatic carbocycles. The highest BCUT2D eigenvalue weighted by molar-refractivity contribution is 7.80. The number of aromatic nitrogens is 3. The molecule has 37 heavy (non-hydrogen) atoms. The predicted molar refractivity (Wildman–Crippen MR) is 143 cm³/mol. The van der Waals surface area contributed by atoms with Crippen molar-refractivity contribution in [3.05, 3.63) is 120 Å². The molecule has 7 nitrogen and oxygen atoms in total. The van der Waals surface area contributed by atoms with E-state index in [1.807, 2.05) is 6.07 Å². The SMILES string of the molecule is O=C(c1ccccc1)N(CCC(O)(c1ccc(F)cc1)c1ccccn1)C(=S)NCCCc1cnc[nH]1. The molecule has 0 aliphatic rings. The van der Waals surface area contributed by atoms with E-state index in [9.17, 15) is 14.3 Å². The summed E-state index contributed by atoms with van der Waals surface area (Å²) in [6.07, 6.45) is 6.65. The largest absolute Gasteiger partial charge is 0.379 e. The van der Waals surface area contributed by atoms with Gasteiger partial charge in [0.15, 0.2) is 5.11 Å². The van der Waals surface area contributed by atoms with Crippen LogP contribution >= 0.6 is 12.2 Å². The van der Waals surface area contributed by atoms with Crippen LogP contribution in [0.15, 0.2) is 91.5 Å². The van der Waals surface area contributed by atoms with Gasteiger partial charge in [0.1, 0.15) is 11.4 Å². The standard InChI is InChI=1S/C28H28FN5O2S/c29-23-13-11-22(12-14-23)28(36,25-10-4-5-16-31-25)15-18-34(26(35)21-7-2-1-3-8-21)27(37)32-17-6-9-24-19-30-20-33-24/h1-5,7-8,10-14,16,19-20,36H,6,9,15,17-18H2,(H,30,33)(H,32,37). The summed E-state index contributed by atoms with van der Waals surface area (Å²) < 4.78 is 13.6. The van der Waals surface area contributed by atoms with Gasteiger partial charge in [-0.1, -0.05) is 36.4 Å². The molecule has 0 saturated heterocycles. The summed E-state index contributed by atoms with van der Waals surface area (Å²) in [5.41, 5.74) is 0.794. The van der Waals surface area contributed by atoms with E-state index in [1.165, 1.54) is 29.2 Å². The van der Waals surface area contributed by atoms with Gasteiger partial charge in [-0.05, 0) is 67.0 Å². The number of aliphatic hydroxyl groups is 1. The number of aromatic amines is 1. The third-order valence-corrected chi connectivity index (χ3v) is 6.44. The topological polar surface area (TPSA) is 94.1 Å². The van der Waals surface area contributed by atoms with Crippen molar-refractivity contribution in [1.29, 1.82) is 0 Å². The van der Waals surface area contributed by atoms with Crippen molar-refractivity contribution in [3.8, 4) is 0 Å². The number of carbonyl (C=O) groups excluding carboxylic acids is 1. The lowest BCUT2D eigenvalue weighted by atomic mass is 9.86. The number of rotatable bonds is 10. The zero-order valence-corrected chi connectivity index (χ0v) is 21.0. The molecule has 9 heteroatoms. The number of halogens is 1. The molecule has 2 aromatic heterocycles. The van der Waals surface area contributed by atoms with Crippen LogP contribution in [0.25, 0.3) is 0 Å². The molecule has 2 heterocycles. The number of imidazole rings is 1. The molecular formula is C28H28FN5O2S. The molecule has 0 aliphatic heterocycles. The van der Waals surface area contributed by atoms with E-state index in [1.54, 1.807) is 61.2 Å². The summed E-state index contributed by atoms with van der Waals surface area (Å²) >= 11 is 5.63. The Bertz CT molecular complexity index is 1290. The quantitative estimate of drug-likeness (QED) is 0.215. The maximum Gasteiger partial charge on any atom is 0.260 e. The fourth-order valence-corrected chi connectivity index (χ4v) is 4.33. The number of pyridine rings is 1. The van der Waals surface area contributed by atoms with Crippen molar-refractivity contribution in [1.82, 2.24) is 25.2 Å². The van der Waals surface area contributed by atoms with E-state index in [2.05, 4.69) is 20.3 Å². The van der Waals surface area contributed by atoms with Crippen molar-refractivity contribution in [2.24, 2.45) is 0 Å². The lowest BCUT2D eigenvalue weighted by Crippen LogP contribution is -2.46. The molecule has 0 saturated carbocycles. The number of amides is 1. The Hall–Kier alpha value is -3.95. The number of nitrogens with one attached hydrogen (secondary N) is 2. The maximum atomic E-state index is 13.6. The summed E-state index contributed by atoms with van der Waals surface area (Å²) in [6.45, 7) is 0.656. The molecule has 1 unspecified atom stereocenters. The lowest BCUT2D eigenvalue weighted by molar-refractivity contribution is 0.0557. The van der Waals surface area contributed by atoms with E-state index in [0.717, 1.165) is 18.5 Å². The highest BCUT2D eigenvalue weighted by Gasteiger charge is 2.35. The average Bonchev–Trinajstić information content (AvgIpc) is 3.46. The van der Waals surface area contributed by atoms with Gasteiger partial charge in [-0.2, -0.15) is 0 Å². The van der Waals surface area contributed by atoms with Gasteiger partial charge in [0.25, 0.3) is 5.91 Å². The van der Waals surface area contributed by atoms with E-state index in [4.69, 9.17) is 12.2 Å². The molecular weight excluding hydrogens is 489 g/mol. The van der Waals surface area contributed by atoms with Crippen LogP contribution < -0.4 is 5.32 Å². The van der Waals surface area contributed by atoms with Crippen molar-refractivity contribution < 1.29 is 14.3 Å². The van der Waals surface area contributed by atoms with Crippen LogP contribution in [0.4, 0.5) is 4.39 Å². The fourth-order valence-electron chi connectivity index (χ4n) is 4.05. The minimum absolute atomic E-state index is 0.0875. The third kappa shape index (κ3) is 6.63. The van der Waals surface area contributed by atoms with Gasteiger partial charge in [0, 0.05) is 43.2 Å². The van der Waals surface area contributed by atoms with E-state index >= 15 is 0 Å². The van der Waals surface area contributed by atoms with Crippen LogP contribution in [0.2, 0.25) is 0 Å². The molecule has 190 valence electrons. The van der Waals surface area contributed by atoms with Crippen molar-refractivity contribution in [2.45, 2.75) is 24.9 Å². The summed E-state index contributed by atoms with van der Waals surface area (Å²) in [5.74, 6) is -0.692. The Morgan fingerprint density at radius 3 is 2.51 bits per heavy atom. The summed E-state index contributed by atoms with van der Waals surface area (Å²) in [7, 11) is 0. The molecule has 0 bridgehead atoms.